The van der Waals surface area contributed by atoms with Crippen molar-refractivity contribution in [2.75, 3.05) is 10.6 Å². The van der Waals surface area contributed by atoms with Crippen molar-refractivity contribution in [2.45, 2.75) is 32.8 Å². The number of anilines is 2. The monoisotopic (exact) mass is 454 g/mol. The molecule has 172 valence electrons. The topological polar surface area (TPSA) is 109 Å². The highest BCUT2D eigenvalue weighted by atomic mass is 16.3. The Balaban J connectivity index is 1.72. The van der Waals surface area contributed by atoms with Crippen LogP contribution in [0.25, 0.3) is 11.3 Å². The lowest BCUT2D eigenvalue weighted by atomic mass is 9.98. The van der Waals surface area contributed by atoms with Gasteiger partial charge in [0.2, 0.25) is 0 Å². The standard InChI is InChI=1S/C27H26N4O3/c1-17(32)31(18(2)33)16-19-8-11-22(12-9-19)29-26(21-6-4-3-5-7-21)25-23-14-20(15-28)10-13-24(23)30-27(25)34/h3-14,17-18,29,32-33H,16H2,1-2H3,(H,30,34)/b26-25-. The molecule has 0 saturated heterocycles. The van der Waals surface area contributed by atoms with E-state index in [0.717, 1.165) is 16.8 Å². The van der Waals surface area contributed by atoms with Gasteiger partial charge in [0, 0.05) is 23.5 Å². The summed E-state index contributed by atoms with van der Waals surface area (Å²) in [6, 6.07) is 24.4. The van der Waals surface area contributed by atoms with E-state index in [-0.39, 0.29) is 5.91 Å². The fourth-order valence-corrected chi connectivity index (χ4v) is 3.99. The van der Waals surface area contributed by atoms with Gasteiger partial charge in [-0.05, 0) is 55.3 Å². The maximum Gasteiger partial charge on any atom is 0.258 e. The minimum atomic E-state index is -0.786. The lowest BCUT2D eigenvalue weighted by molar-refractivity contribution is -0.110. The number of nitrogens with one attached hydrogen (secondary N) is 2. The highest BCUT2D eigenvalue weighted by Gasteiger charge is 2.29. The van der Waals surface area contributed by atoms with E-state index in [0.29, 0.717) is 34.6 Å². The van der Waals surface area contributed by atoms with E-state index in [1.54, 1.807) is 36.9 Å². The van der Waals surface area contributed by atoms with Gasteiger partial charge in [0.25, 0.3) is 5.91 Å². The van der Waals surface area contributed by atoms with Gasteiger partial charge in [0.05, 0.1) is 22.9 Å². The fraction of sp³-hybridized carbons (Fsp3) is 0.185. The van der Waals surface area contributed by atoms with Crippen molar-refractivity contribution in [3.8, 4) is 6.07 Å². The summed E-state index contributed by atoms with van der Waals surface area (Å²) in [7, 11) is 0. The Labute approximate surface area is 198 Å². The van der Waals surface area contributed by atoms with E-state index in [9.17, 15) is 20.3 Å². The van der Waals surface area contributed by atoms with Crippen molar-refractivity contribution in [2.24, 2.45) is 0 Å². The molecule has 0 spiro atoms. The molecule has 1 aliphatic heterocycles. The van der Waals surface area contributed by atoms with E-state index in [2.05, 4.69) is 16.7 Å². The van der Waals surface area contributed by atoms with Crippen LogP contribution in [0.1, 0.15) is 36.1 Å². The van der Waals surface area contributed by atoms with Gasteiger partial charge in [-0.3, -0.25) is 4.79 Å². The summed E-state index contributed by atoms with van der Waals surface area (Å²) in [6.45, 7) is 3.61. The van der Waals surface area contributed by atoms with Crippen LogP contribution in [0.3, 0.4) is 0 Å². The maximum atomic E-state index is 13.0. The second kappa shape index (κ2) is 9.89. The average Bonchev–Trinajstić information content (AvgIpc) is 3.16. The van der Waals surface area contributed by atoms with Crippen molar-refractivity contribution in [1.82, 2.24) is 4.90 Å². The van der Waals surface area contributed by atoms with Crippen molar-refractivity contribution in [1.29, 1.82) is 5.26 Å². The normalized spacial score (nSPS) is 15.8. The molecule has 0 radical (unpaired) electrons. The van der Waals surface area contributed by atoms with Crippen LogP contribution in [-0.4, -0.2) is 33.5 Å². The summed E-state index contributed by atoms with van der Waals surface area (Å²) in [6.07, 6.45) is -1.57. The molecule has 0 bridgehead atoms. The third-order valence-electron chi connectivity index (χ3n) is 5.75. The largest absolute Gasteiger partial charge is 0.379 e. The highest BCUT2D eigenvalue weighted by Crippen LogP contribution is 2.38. The summed E-state index contributed by atoms with van der Waals surface area (Å²) in [5.74, 6) is -0.238. The number of aliphatic hydroxyl groups is 2. The molecule has 1 amide bonds. The zero-order chi connectivity index (χ0) is 24.2. The zero-order valence-corrected chi connectivity index (χ0v) is 19.0. The van der Waals surface area contributed by atoms with Crippen LogP contribution in [0.2, 0.25) is 0 Å². The Bertz CT molecular complexity index is 1250. The minimum absolute atomic E-state index is 0.238. The summed E-state index contributed by atoms with van der Waals surface area (Å²) < 4.78 is 0. The minimum Gasteiger partial charge on any atom is -0.379 e. The number of fused-ring (bicyclic) bond motifs is 1. The lowest BCUT2D eigenvalue weighted by Gasteiger charge is -2.28. The number of benzene rings is 3. The summed E-state index contributed by atoms with van der Waals surface area (Å²) in [5.41, 5.74) is 5.45. The number of hydrogen-bond acceptors (Lipinski definition) is 6. The van der Waals surface area contributed by atoms with Crippen LogP contribution < -0.4 is 10.6 Å². The molecule has 3 aromatic carbocycles. The third kappa shape index (κ3) is 4.85. The highest BCUT2D eigenvalue weighted by molar-refractivity contribution is 6.37. The molecule has 0 fully saturated rings. The van der Waals surface area contributed by atoms with Crippen LogP contribution in [0.15, 0.2) is 72.8 Å². The molecular formula is C27H26N4O3. The SMILES string of the molecule is CC(O)N(Cc1ccc(N/C(=C2\C(=O)Nc3ccc(C#N)cc32)c2ccccc2)cc1)C(C)O. The number of aliphatic hydroxyl groups excluding tert-OH is 2. The van der Waals surface area contributed by atoms with Gasteiger partial charge in [-0.1, -0.05) is 42.5 Å². The van der Waals surface area contributed by atoms with Gasteiger partial charge in [0.1, 0.15) is 12.5 Å². The first kappa shape index (κ1) is 23.2. The van der Waals surface area contributed by atoms with E-state index in [1.165, 1.54) is 0 Å². The van der Waals surface area contributed by atoms with Gasteiger partial charge in [-0.15, -0.1) is 0 Å². The zero-order valence-electron chi connectivity index (χ0n) is 19.0. The van der Waals surface area contributed by atoms with Crippen LogP contribution in [0.5, 0.6) is 0 Å². The Morgan fingerprint density at radius 3 is 2.32 bits per heavy atom. The van der Waals surface area contributed by atoms with E-state index in [4.69, 9.17) is 0 Å². The molecular weight excluding hydrogens is 428 g/mol. The summed E-state index contributed by atoms with van der Waals surface area (Å²) in [4.78, 5) is 14.6. The molecule has 34 heavy (non-hydrogen) atoms. The van der Waals surface area contributed by atoms with Gasteiger partial charge in [-0.2, -0.15) is 5.26 Å². The predicted molar refractivity (Wildman–Crippen MR) is 132 cm³/mol. The van der Waals surface area contributed by atoms with Crippen LogP contribution in [-0.2, 0) is 11.3 Å². The van der Waals surface area contributed by atoms with Crippen molar-refractivity contribution in [3.63, 3.8) is 0 Å². The van der Waals surface area contributed by atoms with Gasteiger partial charge < -0.3 is 20.8 Å². The third-order valence-corrected chi connectivity index (χ3v) is 5.75. The second-order valence-corrected chi connectivity index (χ2v) is 8.20. The van der Waals surface area contributed by atoms with Crippen molar-refractivity contribution >= 4 is 28.6 Å². The van der Waals surface area contributed by atoms with E-state index >= 15 is 0 Å². The number of nitrogens with zero attached hydrogens (tertiary/aromatic N) is 2. The smallest absolute Gasteiger partial charge is 0.258 e. The first-order valence-electron chi connectivity index (χ1n) is 11.0. The number of hydrogen-bond donors (Lipinski definition) is 4. The molecule has 4 rings (SSSR count). The fourth-order valence-electron chi connectivity index (χ4n) is 3.99. The van der Waals surface area contributed by atoms with Crippen LogP contribution >= 0.6 is 0 Å². The van der Waals surface area contributed by atoms with Crippen molar-refractivity contribution < 1.29 is 15.0 Å². The number of amides is 1. The summed E-state index contributed by atoms with van der Waals surface area (Å²) >= 11 is 0. The summed E-state index contributed by atoms with van der Waals surface area (Å²) in [5, 5.41) is 35.4. The average molecular weight is 455 g/mol. The van der Waals surface area contributed by atoms with Gasteiger partial charge >= 0.3 is 0 Å². The molecule has 0 aromatic heterocycles. The number of rotatable bonds is 7. The van der Waals surface area contributed by atoms with Gasteiger partial charge in [-0.25, -0.2) is 4.90 Å². The molecule has 2 unspecified atom stereocenters. The molecule has 4 N–H and O–H groups in total. The van der Waals surface area contributed by atoms with Crippen molar-refractivity contribution in [3.05, 3.63) is 95.1 Å². The Morgan fingerprint density at radius 2 is 1.71 bits per heavy atom. The molecule has 3 aromatic rings. The van der Waals surface area contributed by atoms with Gasteiger partial charge in [0.15, 0.2) is 0 Å². The first-order valence-corrected chi connectivity index (χ1v) is 11.0. The maximum absolute atomic E-state index is 13.0. The Hall–Kier alpha value is -3.96. The van der Waals surface area contributed by atoms with E-state index < -0.39 is 12.5 Å². The second-order valence-electron chi connectivity index (χ2n) is 8.20. The number of carbonyl (C=O) groups is 1. The molecule has 1 heterocycles. The Kier molecular flexibility index (Phi) is 6.75. The molecule has 1 aliphatic rings. The predicted octanol–water partition coefficient (Wildman–Crippen LogP) is 3.97. The molecule has 2 atom stereocenters. The molecule has 7 heteroatoms. The number of carbonyl (C=O) groups excluding carboxylic acids is 1. The number of nitriles is 1. The quantitative estimate of drug-likeness (QED) is 0.318. The first-order chi connectivity index (χ1) is 16.4. The Morgan fingerprint density at radius 1 is 1.03 bits per heavy atom. The molecule has 7 nitrogen and oxygen atoms in total. The molecule has 0 saturated carbocycles. The lowest BCUT2D eigenvalue weighted by Crippen LogP contribution is -2.39. The van der Waals surface area contributed by atoms with Crippen LogP contribution in [0.4, 0.5) is 11.4 Å². The van der Waals surface area contributed by atoms with E-state index in [1.807, 2.05) is 54.6 Å². The van der Waals surface area contributed by atoms with Crippen LogP contribution in [0, 0.1) is 11.3 Å². The molecule has 0 aliphatic carbocycles.